The van der Waals surface area contributed by atoms with E-state index in [4.69, 9.17) is 17.3 Å². The van der Waals surface area contributed by atoms with Gasteiger partial charge in [0, 0.05) is 12.1 Å². The zero-order chi connectivity index (χ0) is 13.3. The molecule has 1 aromatic rings. The van der Waals surface area contributed by atoms with E-state index in [1.54, 1.807) is 6.07 Å². The Morgan fingerprint density at radius 1 is 1.61 bits per heavy atom. The summed E-state index contributed by atoms with van der Waals surface area (Å²) < 4.78 is 0. The molecule has 1 atom stereocenters. The Hall–Kier alpha value is -1.26. The van der Waals surface area contributed by atoms with Crippen LogP contribution in [0.15, 0.2) is 18.2 Å². The number of benzene rings is 1. The predicted molar refractivity (Wildman–Crippen MR) is 70.8 cm³/mol. The molecular weight excluding hydrogens is 252 g/mol. The van der Waals surface area contributed by atoms with E-state index in [9.17, 15) is 9.90 Å². The normalized spacial score (nSPS) is 18.2. The number of hydrogen-bond acceptors (Lipinski definition) is 3. The fraction of sp³-hybridized carbons (Fsp3) is 0.462. The largest absolute Gasteiger partial charge is 0.506 e. The minimum absolute atomic E-state index is 0.0306. The molecule has 0 saturated heterocycles. The second-order valence-electron chi connectivity index (χ2n) is 5.02. The zero-order valence-electron chi connectivity index (χ0n) is 10.2. The number of hydrogen-bond donors (Lipinski definition) is 3. The number of rotatable bonds is 4. The van der Waals surface area contributed by atoms with Crippen LogP contribution in [0, 0.1) is 5.92 Å². The van der Waals surface area contributed by atoms with Gasteiger partial charge in [-0.1, -0.05) is 11.6 Å². The van der Waals surface area contributed by atoms with E-state index in [1.807, 2.05) is 6.92 Å². The van der Waals surface area contributed by atoms with Gasteiger partial charge in [0.25, 0.3) is 5.91 Å². The Labute approximate surface area is 111 Å². The van der Waals surface area contributed by atoms with E-state index in [-0.39, 0.29) is 22.2 Å². The van der Waals surface area contributed by atoms with Gasteiger partial charge in [-0.25, -0.2) is 0 Å². The Bertz CT molecular complexity index is 474. The minimum atomic E-state index is -0.360. The van der Waals surface area contributed by atoms with Gasteiger partial charge in [-0.05, 0) is 43.9 Å². The Balaban J connectivity index is 2.13. The number of aromatic hydroxyl groups is 1. The van der Waals surface area contributed by atoms with Gasteiger partial charge in [0.2, 0.25) is 0 Å². The van der Waals surface area contributed by atoms with E-state index in [0.29, 0.717) is 18.0 Å². The molecule has 5 heteroatoms. The molecular formula is C13H17ClN2O2. The number of nitrogens with one attached hydrogen (secondary N) is 1. The summed E-state index contributed by atoms with van der Waals surface area (Å²) in [7, 11) is 0. The summed E-state index contributed by atoms with van der Waals surface area (Å²) in [5.74, 6) is 0.216. The first-order valence-electron chi connectivity index (χ1n) is 5.97. The lowest BCUT2D eigenvalue weighted by Crippen LogP contribution is -2.53. The van der Waals surface area contributed by atoms with E-state index in [2.05, 4.69) is 5.32 Å². The van der Waals surface area contributed by atoms with Gasteiger partial charge >= 0.3 is 0 Å². The number of nitrogens with two attached hydrogens (primary N) is 1. The molecule has 1 amide bonds. The summed E-state index contributed by atoms with van der Waals surface area (Å²) in [5, 5.41) is 12.5. The van der Waals surface area contributed by atoms with Crippen molar-refractivity contribution in [1.82, 2.24) is 5.32 Å². The first-order valence-corrected chi connectivity index (χ1v) is 6.35. The van der Waals surface area contributed by atoms with Gasteiger partial charge in [-0.3, -0.25) is 4.79 Å². The molecule has 18 heavy (non-hydrogen) atoms. The maximum atomic E-state index is 12.1. The van der Waals surface area contributed by atoms with Crippen LogP contribution in [0.4, 0.5) is 0 Å². The molecule has 0 aromatic heterocycles. The van der Waals surface area contributed by atoms with Crippen LogP contribution in [0.3, 0.4) is 0 Å². The Kier molecular flexibility index (Phi) is 3.50. The van der Waals surface area contributed by atoms with E-state index >= 15 is 0 Å². The molecule has 1 aromatic carbocycles. The van der Waals surface area contributed by atoms with Gasteiger partial charge in [0.15, 0.2) is 0 Å². The smallest absolute Gasteiger partial charge is 0.251 e. The molecule has 2 rings (SSSR count). The average molecular weight is 269 g/mol. The third kappa shape index (κ3) is 2.60. The topological polar surface area (TPSA) is 75.3 Å². The van der Waals surface area contributed by atoms with E-state index < -0.39 is 0 Å². The van der Waals surface area contributed by atoms with Gasteiger partial charge in [-0.2, -0.15) is 0 Å². The first kappa shape index (κ1) is 13.2. The van der Waals surface area contributed by atoms with Gasteiger partial charge in [0.05, 0.1) is 10.6 Å². The number of carbonyl (C=O) groups is 1. The van der Waals surface area contributed by atoms with Crippen molar-refractivity contribution in [2.45, 2.75) is 25.3 Å². The molecule has 98 valence electrons. The summed E-state index contributed by atoms with van der Waals surface area (Å²) in [6.45, 7) is 2.37. The summed E-state index contributed by atoms with van der Waals surface area (Å²) >= 11 is 5.78. The number of phenolic OH excluding ortho intramolecular Hbond substituents is 1. The predicted octanol–water partition coefficient (Wildman–Crippen LogP) is 1.90. The van der Waals surface area contributed by atoms with Crippen molar-refractivity contribution < 1.29 is 9.90 Å². The third-order valence-electron chi connectivity index (χ3n) is 3.51. The second-order valence-corrected chi connectivity index (χ2v) is 5.42. The number of halogens is 1. The summed E-state index contributed by atoms with van der Waals surface area (Å²) in [4.78, 5) is 12.1. The highest BCUT2D eigenvalue weighted by Crippen LogP contribution is 2.39. The van der Waals surface area contributed by atoms with Gasteiger partial charge in [-0.15, -0.1) is 0 Å². The van der Waals surface area contributed by atoms with Crippen molar-refractivity contribution in [3.8, 4) is 5.75 Å². The highest BCUT2D eigenvalue weighted by Gasteiger charge is 2.41. The average Bonchev–Trinajstić information content (AvgIpc) is 3.16. The van der Waals surface area contributed by atoms with Crippen molar-refractivity contribution in [1.29, 1.82) is 0 Å². The number of carbonyl (C=O) groups excluding carboxylic acids is 1. The molecule has 0 radical (unpaired) electrons. The molecule has 1 saturated carbocycles. The van der Waals surface area contributed by atoms with E-state index in [0.717, 1.165) is 12.8 Å². The first-order chi connectivity index (χ1) is 8.46. The van der Waals surface area contributed by atoms with Crippen molar-refractivity contribution in [3.63, 3.8) is 0 Å². The molecule has 0 aliphatic heterocycles. The standard InChI is InChI=1S/C13H17ClN2O2/c1-13(7-15,9-3-4-9)16-12(18)8-2-5-11(17)10(14)6-8/h2,5-6,9,17H,3-4,7,15H2,1H3,(H,16,18). The van der Waals surface area contributed by atoms with Crippen molar-refractivity contribution >= 4 is 17.5 Å². The number of phenols is 1. The highest BCUT2D eigenvalue weighted by molar-refractivity contribution is 6.32. The van der Waals surface area contributed by atoms with Crippen LogP contribution in [-0.4, -0.2) is 23.1 Å². The summed E-state index contributed by atoms with van der Waals surface area (Å²) in [6.07, 6.45) is 2.20. The van der Waals surface area contributed by atoms with Crippen molar-refractivity contribution in [2.24, 2.45) is 11.7 Å². The van der Waals surface area contributed by atoms with Crippen molar-refractivity contribution in [2.75, 3.05) is 6.54 Å². The summed E-state index contributed by atoms with van der Waals surface area (Å²) in [6, 6.07) is 4.41. The molecule has 0 heterocycles. The highest BCUT2D eigenvalue weighted by atomic mass is 35.5. The second kappa shape index (κ2) is 4.78. The lowest BCUT2D eigenvalue weighted by Gasteiger charge is -2.29. The van der Waals surface area contributed by atoms with E-state index in [1.165, 1.54) is 12.1 Å². The maximum absolute atomic E-state index is 12.1. The SMILES string of the molecule is CC(CN)(NC(=O)c1ccc(O)c(Cl)c1)C1CC1. The van der Waals surface area contributed by atoms with Crippen LogP contribution in [0.25, 0.3) is 0 Å². The Morgan fingerprint density at radius 2 is 2.28 bits per heavy atom. The zero-order valence-corrected chi connectivity index (χ0v) is 11.0. The fourth-order valence-electron chi connectivity index (χ4n) is 2.02. The maximum Gasteiger partial charge on any atom is 0.251 e. The molecule has 1 unspecified atom stereocenters. The molecule has 1 fully saturated rings. The van der Waals surface area contributed by atoms with Crippen molar-refractivity contribution in [3.05, 3.63) is 28.8 Å². The molecule has 0 bridgehead atoms. The fourth-order valence-corrected chi connectivity index (χ4v) is 2.20. The van der Waals surface area contributed by atoms with Gasteiger partial charge in [0.1, 0.15) is 5.75 Å². The summed E-state index contributed by atoms with van der Waals surface area (Å²) in [5.41, 5.74) is 5.82. The molecule has 1 aliphatic carbocycles. The van der Waals surface area contributed by atoms with Crippen LogP contribution >= 0.6 is 11.6 Å². The third-order valence-corrected chi connectivity index (χ3v) is 3.81. The lowest BCUT2D eigenvalue weighted by atomic mass is 9.95. The lowest BCUT2D eigenvalue weighted by molar-refractivity contribution is 0.0898. The number of amides is 1. The molecule has 4 N–H and O–H groups in total. The molecule has 0 spiro atoms. The van der Waals surface area contributed by atoms with Crippen LogP contribution in [0.5, 0.6) is 5.75 Å². The van der Waals surface area contributed by atoms with Gasteiger partial charge < -0.3 is 16.2 Å². The van der Waals surface area contributed by atoms with Crippen LogP contribution in [0.2, 0.25) is 5.02 Å². The van der Waals surface area contributed by atoms with Crippen LogP contribution in [0.1, 0.15) is 30.1 Å². The molecule has 1 aliphatic rings. The quantitative estimate of drug-likeness (QED) is 0.781. The Morgan fingerprint density at radius 3 is 2.78 bits per heavy atom. The monoisotopic (exact) mass is 268 g/mol. The van der Waals surface area contributed by atoms with Crippen LogP contribution in [-0.2, 0) is 0 Å². The molecule has 4 nitrogen and oxygen atoms in total. The van der Waals surface area contributed by atoms with Crippen LogP contribution < -0.4 is 11.1 Å². The minimum Gasteiger partial charge on any atom is -0.506 e.